The Labute approximate surface area is 182 Å². The number of hydrogen-bond acceptors (Lipinski definition) is 8. The van der Waals surface area contributed by atoms with Gasteiger partial charge in [0.05, 0.1) is 23.8 Å². The van der Waals surface area contributed by atoms with Gasteiger partial charge in [0, 0.05) is 25.0 Å². The van der Waals surface area contributed by atoms with Crippen LogP contribution in [-0.4, -0.2) is 50.4 Å². The monoisotopic (exact) mass is 441 g/mol. The number of alkyl halides is 2. The molecule has 3 aromatic rings. The Kier molecular flexibility index (Phi) is 6.75. The third-order valence-electron chi connectivity index (χ3n) is 4.84. The number of likely N-dealkylation sites (tertiary alicyclic amines) is 1. The summed E-state index contributed by atoms with van der Waals surface area (Å²) in [6.45, 7) is -0.121. The molecule has 0 aromatic carbocycles. The second-order valence-electron chi connectivity index (χ2n) is 7.12. The van der Waals surface area contributed by atoms with Crippen LogP contribution >= 0.6 is 0 Å². The molecule has 0 radical (unpaired) electrons. The molecule has 0 atom stereocenters. The summed E-state index contributed by atoms with van der Waals surface area (Å²) in [5.74, 6) is -0.448. The Morgan fingerprint density at radius 2 is 1.94 bits per heavy atom. The van der Waals surface area contributed by atoms with Gasteiger partial charge in [-0.05, 0) is 49.7 Å². The van der Waals surface area contributed by atoms with Gasteiger partial charge in [-0.25, -0.2) is 15.0 Å². The first-order valence-electron chi connectivity index (χ1n) is 10.0. The number of ether oxygens (including phenoxy) is 1. The van der Waals surface area contributed by atoms with E-state index in [1.807, 2.05) is 6.07 Å². The lowest BCUT2D eigenvalue weighted by atomic mass is 10.2. The number of rotatable bonds is 8. The van der Waals surface area contributed by atoms with Crippen molar-refractivity contribution in [1.29, 1.82) is 0 Å². The average molecular weight is 441 g/mol. The molecule has 0 spiro atoms. The molecular weight excluding hydrogens is 420 g/mol. The van der Waals surface area contributed by atoms with Crippen molar-refractivity contribution in [3.8, 4) is 5.88 Å². The quantitative estimate of drug-likeness (QED) is 0.548. The molecule has 0 aliphatic carbocycles. The van der Waals surface area contributed by atoms with Crippen LogP contribution in [0.25, 0.3) is 0 Å². The molecule has 1 saturated heterocycles. The van der Waals surface area contributed by atoms with E-state index in [0.717, 1.165) is 25.2 Å². The van der Waals surface area contributed by atoms with Crippen LogP contribution in [0.2, 0.25) is 0 Å². The normalized spacial score (nSPS) is 13.8. The van der Waals surface area contributed by atoms with E-state index < -0.39 is 12.5 Å². The summed E-state index contributed by atoms with van der Waals surface area (Å²) < 4.78 is 28.7. The highest BCUT2D eigenvalue weighted by molar-refractivity contribution is 6.03. The molecule has 166 valence electrons. The van der Waals surface area contributed by atoms with Gasteiger partial charge in [-0.15, -0.1) is 0 Å². The largest absolute Gasteiger partial charge is 0.417 e. The van der Waals surface area contributed by atoms with Gasteiger partial charge < -0.3 is 15.4 Å². The van der Waals surface area contributed by atoms with Gasteiger partial charge in [-0.3, -0.25) is 14.7 Å². The Bertz CT molecular complexity index is 1060. The van der Waals surface area contributed by atoms with Crippen molar-refractivity contribution in [2.45, 2.75) is 26.0 Å². The van der Waals surface area contributed by atoms with Crippen LogP contribution in [-0.2, 0) is 6.54 Å². The Balaban J connectivity index is 1.42. The third-order valence-corrected chi connectivity index (χ3v) is 4.84. The van der Waals surface area contributed by atoms with Crippen molar-refractivity contribution < 1.29 is 18.3 Å². The van der Waals surface area contributed by atoms with E-state index in [-0.39, 0.29) is 17.5 Å². The number of amides is 1. The van der Waals surface area contributed by atoms with Crippen LogP contribution in [0.1, 0.15) is 28.9 Å². The van der Waals surface area contributed by atoms with Crippen LogP contribution in [0.15, 0.2) is 49.1 Å². The maximum atomic E-state index is 12.8. The van der Waals surface area contributed by atoms with Gasteiger partial charge in [-0.2, -0.15) is 8.78 Å². The van der Waals surface area contributed by atoms with Crippen molar-refractivity contribution in [2.24, 2.45) is 0 Å². The number of halogens is 2. The summed E-state index contributed by atoms with van der Waals surface area (Å²) in [5, 5.41) is 5.75. The van der Waals surface area contributed by atoms with Crippen molar-refractivity contribution in [3.05, 3.63) is 60.3 Å². The van der Waals surface area contributed by atoms with Crippen molar-refractivity contribution in [3.63, 3.8) is 0 Å². The summed E-state index contributed by atoms with van der Waals surface area (Å²) in [5.41, 5.74) is 2.23. The van der Waals surface area contributed by atoms with Crippen LogP contribution in [0.4, 0.5) is 26.1 Å². The van der Waals surface area contributed by atoms with Crippen molar-refractivity contribution in [1.82, 2.24) is 24.8 Å². The number of anilines is 3. The number of hydrogen-bond donors (Lipinski definition) is 2. The first-order chi connectivity index (χ1) is 15.6. The second kappa shape index (κ2) is 10.1. The maximum Gasteiger partial charge on any atom is 0.388 e. The zero-order valence-corrected chi connectivity index (χ0v) is 17.0. The lowest BCUT2D eigenvalue weighted by Gasteiger charge is -2.17. The molecule has 9 nitrogen and oxygen atoms in total. The van der Waals surface area contributed by atoms with Crippen LogP contribution in [0.5, 0.6) is 5.88 Å². The smallest absolute Gasteiger partial charge is 0.388 e. The van der Waals surface area contributed by atoms with Gasteiger partial charge in [0.15, 0.2) is 0 Å². The molecule has 3 aromatic heterocycles. The first-order valence-corrected chi connectivity index (χ1v) is 10.0. The highest BCUT2D eigenvalue weighted by Crippen LogP contribution is 2.20. The van der Waals surface area contributed by atoms with E-state index in [2.05, 4.69) is 40.2 Å². The minimum atomic E-state index is -2.95. The third kappa shape index (κ3) is 5.70. The van der Waals surface area contributed by atoms with Crippen LogP contribution < -0.4 is 15.4 Å². The van der Waals surface area contributed by atoms with Crippen LogP contribution in [0, 0.1) is 0 Å². The second-order valence-corrected chi connectivity index (χ2v) is 7.12. The van der Waals surface area contributed by atoms with Gasteiger partial charge in [0.25, 0.3) is 5.91 Å². The van der Waals surface area contributed by atoms with E-state index in [4.69, 9.17) is 0 Å². The lowest BCUT2D eigenvalue weighted by Crippen LogP contribution is -2.21. The van der Waals surface area contributed by atoms with Gasteiger partial charge in [0.2, 0.25) is 11.8 Å². The highest BCUT2D eigenvalue weighted by Gasteiger charge is 2.16. The summed E-state index contributed by atoms with van der Waals surface area (Å²) in [6, 6.07) is 6.17. The number of aromatic nitrogens is 4. The number of pyridine rings is 2. The lowest BCUT2D eigenvalue weighted by molar-refractivity contribution is -0.0528. The van der Waals surface area contributed by atoms with Gasteiger partial charge in [-0.1, -0.05) is 0 Å². The molecule has 11 heteroatoms. The van der Waals surface area contributed by atoms with Crippen LogP contribution in [0.3, 0.4) is 0 Å². The van der Waals surface area contributed by atoms with E-state index in [9.17, 15) is 13.6 Å². The molecule has 0 saturated carbocycles. The molecule has 0 unspecified atom stereocenters. The van der Waals surface area contributed by atoms with E-state index in [1.54, 1.807) is 12.4 Å². The minimum absolute atomic E-state index is 0.157. The molecule has 0 bridgehead atoms. The summed E-state index contributed by atoms with van der Waals surface area (Å²) >= 11 is 0. The fourth-order valence-corrected chi connectivity index (χ4v) is 3.33. The van der Waals surface area contributed by atoms with Crippen molar-refractivity contribution in [2.75, 3.05) is 23.7 Å². The average Bonchev–Trinajstić information content (AvgIpc) is 3.29. The molecule has 1 amide bonds. The molecular formula is C21H21F2N7O2. The van der Waals surface area contributed by atoms with Gasteiger partial charge in [0.1, 0.15) is 5.69 Å². The fourth-order valence-electron chi connectivity index (χ4n) is 3.33. The standard InChI is InChI=1S/C21H21F2N7O2/c22-20(23)32-18-4-3-15(11-26-18)27-21-25-8-6-16(29-21)19(31)28-17-12-24-7-5-14(17)13-30-9-1-2-10-30/h3-8,11-12,20H,1-2,9-10,13H2,(H,28,31)(H,25,27,29). The Morgan fingerprint density at radius 1 is 1.09 bits per heavy atom. The molecule has 4 heterocycles. The number of nitrogens with zero attached hydrogens (tertiary/aromatic N) is 5. The molecule has 1 fully saturated rings. The maximum absolute atomic E-state index is 12.8. The van der Waals surface area contributed by atoms with Crippen molar-refractivity contribution >= 4 is 23.2 Å². The minimum Gasteiger partial charge on any atom is -0.417 e. The number of nitrogens with one attached hydrogen (secondary N) is 2. The Hall–Kier alpha value is -3.73. The molecule has 32 heavy (non-hydrogen) atoms. The zero-order chi connectivity index (χ0) is 22.3. The predicted molar refractivity (Wildman–Crippen MR) is 113 cm³/mol. The van der Waals surface area contributed by atoms with E-state index in [0.29, 0.717) is 11.4 Å². The summed E-state index contributed by atoms with van der Waals surface area (Å²) in [4.78, 5) is 31.3. The SMILES string of the molecule is O=C(Nc1cnccc1CN1CCCC1)c1ccnc(Nc2ccc(OC(F)F)nc2)n1. The topological polar surface area (TPSA) is 105 Å². The van der Waals surface area contributed by atoms with Gasteiger partial charge >= 0.3 is 6.61 Å². The molecule has 2 N–H and O–H groups in total. The molecule has 1 aliphatic rings. The Morgan fingerprint density at radius 3 is 2.69 bits per heavy atom. The first kappa shape index (κ1) is 21.5. The summed E-state index contributed by atoms with van der Waals surface area (Å²) in [6.07, 6.45) is 8.44. The zero-order valence-electron chi connectivity index (χ0n) is 17.0. The predicted octanol–water partition coefficient (Wildman–Crippen LogP) is 3.46. The molecule has 4 rings (SSSR count). The molecule has 1 aliphatic heterocycles. The summed E-state index contributed by atoms with van der Waals surface area (Å²) in [7, 11) is 0. The highest BCUT2D eigenvalue weighted by atomic mass is 19.3. The van der Waals surface area contributed by atoms with E-state index in [1.165, 1.54) is 43.4 Å². The number of carbonyl (C=O) groups is 1. The fraction of sp³-hybridized carbons (Fsp3) is 0.286. The van der Waals surface area contributed by atoms with E-state index >= 15 is 0 Å². The number of carbonyl (C=O) groups excluding carboxylic acids is 1.